The van der Waals surface area contributed by atoms with Crippen molar-refractivity contribution >= 4 is 27.7 Å². The Kier molecular flexibility index (Phi) is 5.55. The number of hydrogen-bond donors (Lipinski definition) is 1. The van der Waals surface area contributed by atoms with Crippen molar-refractivity contribution in [2.24, 2.45) is 5.73 Å². The Morgan fingerprint density at radius 2 is 2.39 bits per heavy atom. The lowest BCUT2D eigenvalue weighted by Gasteiger charge is -2.22. The molecule has 0 aliphatic carbocycles. The number of halogens is 1. The molecule has 0 aromatic heterocycles. The van der Waals surface area contributed by atoms with Gasteiger partial charge in [-0.1, -0.05) is 28.1 Å². The molecule has 2 nitrogen and oxygen atoms in total. The Hall–Kier alpha value is -0.0300. The van der Waals surface area contributed by atoms with E-state index in [0.717, 1.165) is 16.8 Å². The van der Waals surface area contributed by atoms with Crippen molar-refractivity contribution in [1.82, 2.24) is 0 Å². The Bertz CT molecular complexity index is 380. The minimum atomic E-state index is 0.144. The second-order valence-corrected chi connectivity index (χ2v) is 6.89. The average molecular weight is 330 g/mol. The summed E-state index contributed by atoms with van der Waals surface area (Å²) in [6, 6.07) is 8.58. The second-order valence-electron chi connectivity index (χ2n) is 4.80. The van der Waals surface area contributed by atoms with Gasteiger partial charge in [0.2, 0.25) is 0 Å². The van der Waals surface area contributed by atoms with E-state index >= 15 is 0 Å². The van der Waals surface area contributed by atoms with Gasteiger partial charge in [0, 0.05) is 28.1 Å². The maximum absolute atomic E-state index is 6.13. The molecule has 0 bridgehead atoms. The van der Waals surface area contributed by atoms with Crippen LogP contribution in [0.1, 0.15) is 30.6 Å². The molecule has 1 aromatic rings. The van der Waals surface area contributed by atoms with Gasteiger partial charge >= 0.3 is 0 Å². The van der Waals surface area contributed by atoms with Crippen molar-refractivity contribution in [2.75, 3.05) is 12.4 Å². The van der Waals surface area contributed by atoms with Crippen LogP contribution in [0, 0.1) is 0 Å². The molecule has 0 saturated carbocycles. The van der Waals surface area contributed by atoms with Gasteiger partial charge in [0.15, 0.2) is 0 Å². The molecule has 0 amide bonds. The zero-order chi connectivity index (χ0) is 13.0. The van der Waals surface area contributed by atoms with E-state index in [1.165, 1.54) is 18.4 Å². The first-order chi connectivity index (χ1) is 8.66. The Morgan fingerprint density at radius 3 is 3.00 bits per heavy atom. The summed E-state index contributed by atoms with van der Waals surface area (Å²) >= 11 is 5.44. The molecular formula is C14H20BrNOS. The molecule has 0 spiro atoms. The third kappa shape index (κ3) is 3.98. The summed E-state index contributed by atoms with van der Waals surface area (Å²) in [5.41, 5.74) is 7.42. The molecule has 1 aliphatic rings. The molecule has 2 N–H and O–H groups in total. The van der Waals surface area contributed by atoms with E-state index in [0.29, 0.717) is 11.4 Å². The quantitative estimate of drug-likeness (QED) is 0.893. The molecule has 1 saturated heterocycles. The van der Waals surface area contributed by atoms with E-state index in [-0.39, 0.29) is 6.04 Å². The number of thioether (sulfide) groups is 1. The summed E-state index contributed by atoms with van der Waals surface area (Å²) in [6.45, 7) is 3.00. The summed E-state index contributed by atoms with van der Waals surface area (Å²) in [4.78, 5) is 0. The van der Waals surface area contributed by atoms with Crippen molar-refractivity contribution in [3.05, 3.63) is 34.3 Å². The van der Waals surface area contributed by atoms with Gasteiger partial charge in [-0.15, -0.1) is 11.8 Å². The Morgan fingerprint density at radius 1 is 1.56 bits per heavy atom. The zero-order valence-corrected chi connectivity index (χ0v) is 13.0. The van der Waals surface area contributed by atoms with Crippen LogP contribution >= 0.6 is 27.7 Å². The van der Waals surface area contributed by atoms with Crippen molar-refractivity contribution in [1.29, 1.82) is 0 Å². The standard InChI is InChI=1S/C14H20BrNOS/c1-10(16)14(11-4-2-5-12(15)8-11)18-9-13-6-3-7-17-13/h2,4-5,8,10,13-14H,3,6-7,9,16H2,1H3. The Balaban J connectivity index is 1.99. The third-order valence-electron chi connectivity index (χ3n) is 3.14. The van der Waals surface area contributed by atoms with Crippen molar-refractivity contribution in [3.8, 4) is 0 Å². The predicted molar refractivity (Wildman–Crippen MR) is 82.0 cm³/mol. The highest BCUT2D eigenvalue weighted by Crippen LogP contribution is 2.34. The average Bonchev–Trinajstić information content (AvgIpc) is 2.82. The monoisotopic (exact) mass is 329 g/mol. The highest BCUT2D eigenvalue weighted by Gasteiger charge is 2.21. The number of nitrogens with two attached hydrogens (primary N) is 1. The summed E-state index contributed by atoms with van der Waals surface area (Å²) in [6.07, 6.45) is 2.81. The highest BCUT2D eigenvalue weighted by molar-refractivity contribution is 9.10. The molecule has 100 valence electrons. The molecule has 1 fully saturated rings. The van der Waals surface area contributed by atoms with Crippen LogP contribution < -0.4 is 5.73 Å². The third-order valence-corrected chi connectivity index (χ3v) is 5.26. The van der Waals surface area contributed by atoms with Crippen LogP contribution in [0.2, 0.25) is 0 Å². The lowest BCUT2D eigenvalue weighted by molar-refractivity contribution is 0.128. The normalized spacial score (nSPS) is 22.9. The zero-order valence-electron chi connectivity index (χ0n) is 10.6. The molecule has 3 unspecified atom stereocenters. The van der Waals surface area contributed by atoms with Gasteiger partial charge in [-0.05, 0) is 37.5 Å². The van der Waals surface area contributed by atoms with E-state index in [9.17, 15) is 0 Å². The maximum atomic E-state index is 6.13. The molecule has 1 aromatic carbocycles. The van der Waals surface area contributed by atoms with Crippen LogP contribution in [0.15, 0.2) is 28.7 Å². The van der Waals surface area contributed by atoms with E-state index in [2.05, 4.69) is 41.1 Å². The molecule has 0 radical (unpaired) electrons. The van der Waals surface area contributed by atoms with Crippen molar-refractivity contribution in [2.45, 2.75) is 37.2 Å². The number of ether oxygens (including phenoxy) is 1. The number of rotatable bonds is 5. The van der Waals surface area contributed by atoms with Crippen LogP contribution in [0.4, 0.5) is 0 Å². The smallest absolute Gasteiger partial charge is 0.0666 e. The van der Waals surface area contributed by atoms with Crippen LogP contribution in [-0.4, -0.2) is 24.5 Å². The molecule has 1 heterocycles. The molecule has 18 heavy (non-hydrogen) atoms. The fraction of sp³-hybridized carbons (Fsp3) is 0.571. The first kappa shape index (κ1) is 14.4. The van der Waals surface area contributed by atoms with Gasteiger partial charge < -0.3 is 10.5 Å². The summed E-state index contributed by atoms with van der Waals surface area (Å²) in [5, 5.41) is 0.340. The lowest BCUT2D eigenvalue weighted by atomic mass is 10.1. The van der Waals surface area contributed by atoms with Gasteiger partial charge in [0.05, 0.1) is 6.10 Å². The molecule has 4 heteroatoms. The molecule has 2 rings (SSSR count). The van der Waals surface area contributed by atoms with Gasteiger partial charge in [-0.3, -0.25) is 0 Å². The van der Waals surface area contributed by atoms with Crippen LogP contribution in [0.5, 0.6) is 0 Å². The van der Waals surface area contributed by atoms with Crippen LogP contribution in [0.25, 0.3) is 0 Å². The SMILES string of the molecule is CC(N)C(SCC1CCCO1)c1cccc(Br)c1. The van der Waals surface area contributed by atoms with Gasteiger partial charge in [0.1, 0.15) is 0 Å². The van der Waals surface area contributed by atoms with E-state index < -0.39 is 0 Å². The van der Waals surface area contributed by atoms with Crippen LogP contribution in [0.3, 0.4) is 0 Å². The first-order valence-electron chi connectivity index (χ1n) is 6.41. The maximum Gasteiger partial charge on any atom is 0.0666 e. The first-order valence-corrected chi connectivity index (χ1v) is 8.25. The van der Waals surface area contributed by atoms with Crippen molar-refractivity contribution < 1.29 is 4.74 Å². The second kappa shape index (κ2) is 6.94. The summed E-state index contributed by atoms with van der Waals surface area (Å²) < 4.78 is 6.79. The Labute approximate surface area is 122 Å². The van der Waals surface area contributed by atoms with Gasteiger partial charge in [-0.25, -0.2) is 0 Å². The number of benzene rings is 1. The lowest BCUT2D eigenvalue weighted by Crippen LogP contribution is -2.24. The van der Waals surface area contributed by atoms with Gasteiger partial charge in [-0.2, -0.15) is 0 Å². The fourth-order valence-electron chi connectivity index (χ4n) is 2.22. The molecular weight excluding hydrogens is 310 g/mol. The largest absolute Gasteiger partial charge is 0.377 e. The summed E-state index contributed by atoms with van der Waals surface area (Å²) in [7, 11) is 0. The van der Waals surface area contributed by atoms with E-state index in [1.54, 1.807) is 0 Å². The minimum Gasteiger partial charge on any atom is -0.377 e. The predicted octanol–water partition coefficient (Wildman–Crippen LogP) is 3.75. The highest BCUT2D eigenvalue weighted by atomic mass is 79.9. The molecule has 1 aliphatic heterocycles. The van der Waals surface area contributed by atoms with Crippen molar-refractivity contribution in [3.63, 3.8) is 0 Å². The van der Waals surface area contributed by atoms with Crippen LogP contribution in [-0.2, 0) is 4.74 Å². The molecule has 3 atom stereocenters. The van der Waals surface area contributed by atoms with Gasteiger partial charge in [0.25, 0.3) is 0 Å². The topological polar surface area (TPSA) is 35.2 Å². The minimum absolute atomic E-state index is 0.144. The summed E-state index contributed by atoms with van der Waals surface area (Å²) in [5.74, 6) is 1.04. The fourth-order valence-corrected chi connectivity index (χ4v) is 3.97. The van der Waals surface area contributed by atoms with E-state index in [4.69, 9.17) is 10.5 Å². The van der Waals surface area contributed by atoms with E-state index in [1.807, 2.05) is 17.8 Å². The number of hydrogen-bond acceptors (Lipinski definition) is 3.